The Hall–Kier alpha value is -2.37. The lowest BCUT2D eigenvalue weighted by atomic mass is 9.98. The lowest BCUT2D eigenvalue weighted by Gasteiger charge is -2.35. The van der Waals surface area contributed by atoms with Crippen molar-refractivity contribution < 1.29 is 9.59 Å². The molecule has 1 N–H and O–H groups in total. The van der Waals surface area contributed by atoms with Crippen LogP contribution in [0.1, 0.15) is 43.0 Å². The maximum Gasteiger partial charge on any atom is 0.255 e. The monoisotopic (exact) mass is 314 g/mol. The van der Waals surface area contributed by atoms with Crippen molar-refractivity contribution in [3.8, 4) is 0 Å². The van der Waals surface area contributed by atoms with Crippen molar-refractivity contribution in [1.29, 1.82) is 0 Å². The van der Waals surface area contributed by atoms with Crippen molar-refractivity contribution in [2.24, 2.45) is 0 Å². The highest BCUT2D eigenvalue weighted by atomic mass is 16.2. The molecular formula is C17H22N4O2. The standard InChI is InChI=1S/C17H22N4O2/c1-2-19-16(22)9-14-5-3-4-8-21(14)17(23)13-6-7-15-10-18-12-20(15)11-13/h6-7,10-12,14H,2-5,8-9H2,1H3,(H,19,22). The van der Waals surface area contributed by atoms with Crippen LogP contribution in [-0.4, -0.2) is 45.2 Å². The van der Waals surface area contributed by atoms with E-state index in [0.29, 0.717) is 25.1 Å². The summed E-state index contributed by atoms with van der Waals surface area (Å²) in [5, 5.41) is 2.82. The summed E-state index contributed by atoms with van der Waals surface area (Å²) in [6.07, 6.45) is 8.58. The Bertz CT molecular complexity index is 709. The maximum atomic E-state index is 12.9. The van der Waals surface area contributed by atoms with Gasteiger partial charge in [0.1, 0.15) is 0 Å². The highest BCUT2D eigenvalue weighted by Crippen LogP contribution is 2.22. The normalized spacial score (nSPS) is 18.1. The Balaban J connectivity index is 1.78. The first-order valence-electron chi connectivity index (χ1n) is 8.18. The first-order chi connectivity index (χ1) is 11.2. The Morgan fingerprint density at radius 1 is 1.35 bits per heavy atom. The third kappa shape index (κ3) is 3.36. The summed E-state index contributed by atoms with van der Waals surface area (Å²) in [5.41, 5.74) is 1.59. The molecular weight excluding hydrogens is 292 g/mol. The molecule has 0 aromatic carbocycles. The summed E-state index contributed by atoms with van der Waals surface area (Å²) < 4.78 is 1.84. The molecule has 6 heteroatoms. The summed E-state index contributed by atoms with van der Waals surface area (Å²) in [7, 11) is 0. The first kappa shape index (κ1) is 15.5. The molecule has 1 atom stereocenters. The van der Waals surface area contributed by atoms with Crippen molar-refractivity contribution >= 4 is 17.3 Å². The molecule has 1 aliphatic heterocycles. The molecule has 2 aromatic rings. The van der Waals surface area contributed by atoms with Crippen LogP contribution >= 0.6 is 0 Å². The molecule has 23 heavy (non-hydrogen) atoms. The Kier molecular flexibility index (Phi) is 4.60. The van der Waals surface area contributed by atoms with E-state index < -0.39 is 0 Å². The van der Waals surface area contributed by atoms with E-state index in [2.05, 4.69) is 10.3 Å². The van der Waals surface area contributed by atoms with E-state index >= 15 is 0 Å². The Morgan fingerprint density at radius 3 is 3.04 bits per heavy atom. The van der Waals surface area contributed by atoms with Crippen molar-refractivity contribution in [1.82, 2.24) is 19.6 Å². The van der Waals surface area contributed by atoms with Gasteiger partial charge < -0.3 is 14.6 Å². The predicted molar refractivity (Wildman–Crippen MR) is 87.2 cm³/mol. The molecule has 3 heterocycles. The van der Waals surface area contributed by atoms with E-state index in [1.807, 2.05) is 34.6 Å². The van der Waals surface area contributed by atoms with Crippen LogP contribution in [0.3, 0.4) is 0 Å². The number of nitrogens with one attached hydrogen (secondary N) is 1. The van der Waals surface area contributed by atoms with E-state index in [-0.39, 0.29) is 17.9 Å². The molecule has 122 valence electrons. The van der Waals surface area contributed by atoms with Crippen molar-refractivity contribution in [3.63, 3.8) is 0 Å². The molecule has 3 rings (SSSR count). The smallest absolute Gasteiger partial charge is 0.255 e. The number of nitrogens with zero attached hydrogens (tertiary/aromatic N) is 3. The number of amides is 2. The van der Waals surface area contributed by atoms with Gasteiger partial charge in [-0.3, -0.25) is 9.59 Å². The molecule has 0 radical (unpaired) electrons. The van der Waals surface area contributed by atoms with Gasteiger partial charge in [-0.25, -0.2) is 4.98 Å². The lowest BCUT2D eigenvalue weighted by Crippen LogP contribution is -2.46. The van der Waals surface area contributed by atoms with Crippen LogP contribution in [0.25, 0.3) is 5.52 Å². The van der Waals surface area contributed by atoms with Gasteiger partial charge in [0.2, 0.25) is 5.91 Å². The Labute approximate surface area is 135 Å². The highest BCUT2D eigenvalue weighted by Gasteiger charge is 2.29. The number of pyridine rings is 1. The number of rotatable bonds is 4. The molecule has 0 aliphatic carbocycles. The number of carbonyl (C=O) groups is 2. The molecule has 1 aliphatic rings. The van der Waals surface area contributed by atoms with Crippen LogP contribution in [0.15, 0.2) is 30.9 Å². The minimum Gasteiger partial charge on any atom is -0.356 e. The molecule has 0 bridgehead atoms. The number of aromatic nitrogens is 2. The fourth-order valence-corrected chi connectivity index (χ4v) is 3.18. The van der Waals surface area contributed by atoms with Crippen molar-refractivity contribution in [2.75, 3.05) is 13.1 Å². The fourth-order valence-electron chi connectivity index (χ4n) is 3.18. The van der Waals surface area contributed by atoms with Crippen LogP contribution in [0.5, 0.6) is 0 Å². The summed E-state index contributed by atoms with van der Waals surface area (Å²) >= 11 is 0. The van der Waals surface area contributed by atoms with Crippen LogP contribution in [0.4, 0.5) is 0 Å². The average molecular weight is 314 g/mol. The lowest BCUT2D eigenvalue weighted by molar-refractivity contribution is -0.122. The number of hydrogen-bond acceptors (Lipinski definition) is 3. The second-order valence-electron chi connectivity index (χ2n) is 5.95. The third-order valence-electron chi connectivity index (χ3n) is 4.34. The third-order valence-corrected chi connectivity index (χ3v) is 4.34. The summed E-state index contributed by atoms with van der Waals surface area (Å²) in [6, 6.07) is 3.71. The molecule has 6 nitrogen and oxygen atoms in total. The summed E-state index contributed by atoms with van der Waals surface area (Å²) in [4.78, 5) is 30.7. The van der Waals surface area contributed by atoms with Gasteiger partial charge >= 0.3 is 0 Å². The van der Waals surface area contributed by atoms with Gasteiger partial charge in [-0.05, 0) is 38.3 Å². The van der Waals surface area contributed by atoms with E-state index in [9.17, 15) is 9.59 Å². The molecule has 0 spiro atoms. The van der Waals surface area contributed by atoms with Crippen LogP contribution in [0, 0.1) is 0 Å². The van der Waals surface area contributed by atoms with Crippen molar-refractivity contribution in [3.05, 3.63) is 36.4 Å². The van der Waals surface area contributed by atoms with Crippen LogP contribution in [0.2, 0.25) is 0 Å². The minimum atomic E-state index is -0.0127. The van der Waals surface area contributed by atoms with Gasteiger partial charge in [0, 0.05) is 31.7 Å². The average Bonchev–Trinajstić information content (AvgIpc) is 3.02. The van der Waals surface area contributed by atoms with Gasteiger partial charge in [0.25, 0.3) is 5.91 Å². The molecule has 2 aromatic heterocycles. The SMILES string of the molecule is CCNC(=O)CC1CCCCN1C(=O)c1ccc2cncn2c1. The zero-order valence-electron chi connectivity index (χ0n) is 13.4. The van der Waals surface area contributed by atoms with Gasteiger partial charge in [0.05, 0.1) is 23.6 Å². The van der Waals surface area contributed by atoms with E-state index in [4.69, 9.17) is 0 Å². The zero-order chi connectivity index (χ0) is 16.2. The number of likely N-dealkylation sites (tertiary alicyclic amines) is 1. The predicted octanol–water partition coefficient (Wildman–Crippen LogP) is 1.86. The summed E-state index contributed by atoms with van der Waals surface area (Å²) in [5.74, 6) is 0.0110. The molecule has 1 unspecified atom stereocenters. The fraction of sp³-hybridized carbons (Fsp3) is 0.471. The molecule has 1 saturated heterocycles. The van der Waals surface area contributed by atoms with E-state index in [1.54, 1.807) is 12.5 Å². The number of fused-ring (bicyclic) bond motifs is 1. The largest absolute Gasteiger partial charge is 0.356 e. The molecule has 2 amide bonds. The molecule has 1 fully saturated rings. The highest BCUT2D eigenvalue weighted by molar-refractivity contribution is 5.95. The second-order valence-corrected chi connectivity index (χ2v) is 5.95. The first-order valence-corrected chi connectivity index (χ1v) is 8.18. The number of hydrogen-bond donors (Lipinski definition) is 1. The van der Waals surface area contributed by atoms with Crippen LogP contribution in [-0.2, 0) is 4.79 Å². The van der Waals surface area contributed by atoms with Crippen LogP contribution < -0.4 is 5.32 Å². The van der Waals surface area contributed by atoms with Gasteiger partial charge in [-0.1, -0.05) is 0 Å². The second kappa shape index (κ2) is 6.81. The minimum absolute atomic E-state index is 0.00500. The van der Waals surface area contributed by atoms with Crippen molar-refractivity contribution in [2.45, 2.75) is 38.6 Å². The van der Waals surface area contributed by atoms with E-state index in [1.165, 1.54) is 0 Å². The Morgan fingerprint density at radius 2 is 2.22 bits per heavy atom. The van der Waals surface area contributed by atoms with Gasteiger partial charge in [-0.15, -0.1) is 0 Å². The van der Waals surface area contributed by atoms with E-state index in [0.717, 1.165) is 24.8 Å². The summed E-state index contributed by atoms with van der Waals surface area (Å²) in [6.45, 7) is 3.24. The molecule has 0 saturated carbocycles. The number of imidazole rings is 1. The zero-order valence-corrected chi connectivity index (χ0v) is 13.4. The topological polar surface area (TPSA) is 66.7 Å². The quantitative estimate of drug-likeness (QED) is 0.936. The number of piperidine rings is 1. The maximum absolute atomic E-state index is 12.9. The number of carbonyl (C=O) groups excluding carboxylic acids is 2. The van der Waals surface area contributed by atoms with Gasteiger partial charge in [-0.2, -0.15) is 0 Å². The van der Waals surface area contributed by atoms with Gasteiger partial charge in [0.15, 0.2) is 0 Å².